The molecule has 2 heterocycles. The molecule has 2 aromatic carbocycles. The van der Waals surface area contributed by atoms with Gasteiger partial charge in [-0.2, -0.15) is 4.98 Å². The van der Waals surface area contributed by atoms with Gasteiger partial charge in [-0.1, -0.05) is 43.7 Å². The lowest BCUT2D eigenvalue weighted by molar-refractivity contribution is 0.0635. The first-order chi connectivity index (χ1) is 16.8. The van der Waals surface area contributed by atoms with Crippen LogP contribution in [0.4, 0.5) is 8.78 Å². The van der Waals surface area contributed by atoms with Crippen LogP contribution in [0.25, 0.3) is 11.1 Å². The Morgan fingerprint density at radius 3 is 2.54 bits per heavy atom. The van der Waals surface area contributed by atoms with E-state index in [1.54, 1.807) is 9.47 Å². The van der Waals surface area contributed by atoms with Crippen molar-refractivity contribution in [2.75, 3.05) is 13.2 Å². The Morgan fingerprint density at radius 2 is 1.83 bits per heavy atom. The molecule has 8 heteroatoms. The van der Waals surface area contributed by atoms with Gasteiger partial charge in [0.2, 0.25) is 5.75 Å². The topological polar surface area (TPSA) is 64.4 Å². The summed E-state index contributed by atoms with van der Waals surface area (Å²) in [5, 5.41) is 0. The summed E-state index contributed by atoms with van der Waals surface area (Å²) in [6.07, 6.45) is 1.88. The van der Waals surface area contributed by atoms with Crippen LogP contribution in [-0.4, -0.2) is 39.6 Å². The van der Waals surface area contributed by atoms with Crippen LogP contribution in [0.15, 0.2) is 47.3 Å². The Morgan fingerprint density at radius 1 is 1.06 bits per heavy atom. The number of halogens is 2. The quantitative estimate of drug-likeness (QED) is 0.433. The second kappa shape index (κ2) is 10.4. The first-order valence-corrected chi connectivity index (χ1v) is 11.9. The molecule has 35 heavy (non-hydrogen) atoms. The van der Waals surface area contributed by atoms with Crippen LogP contribution < -0.4 is 10.3 Å². The van der Waals surface area contributed by atoms with Crippen LogP contribution in [0, 0.1) is 11.6 Å². The zero-order chi connectivity index (χ0) is 25.1. The zero-order valence-corrected chi connectivity index (χ0v) is 20.2. The first-order valence-electron chi connectivity index (χ1n) is 11.9. The SMILES string of the molecule is CCCCOc1c2n(c(Cc3ccccc3-c3ccc(F)c(F)c3)nc1=O)CCN(C(C)C)C2=O. The molecule has 0 saturated carbocycles. The molecule has 0 unspecified atom stereocenters. The highest BCUT2D eigenvalue weighted by Crippen LogP contribution is 2.29. The normalized spacial score (nSPS) is 13.3. The number of aromatic nitrogens is 2. The third-order valence-electron chi connectivity index (χ3n) is 6.21. The van der Waals surface area contributed by atoms with Gasteiger partial charge in [0.1, 0.15) is 5.82 Å². The van der Waals surface area contributed by atoms with Crippen molar-refractivity contribution < 1.29 is 18.3 Å². The van der Waals surface area contributed by atoms with E-state index in [0.29, 0.717) is 36.6 Å². The van der Waals surface area contributed by atoms with Crippen molar-refractivity contribution in [1.29, 1.82) is 0 Å². The molecule has 1 amide bonds. The fourth-order valence-electron chi connectivity index (χ4n) is 4.35. The lowest BCUT2D eigenvalue weighted by Gasteiger charge is -2.34. The summed E-state index contributed by atoms with van der Waals surface area (Å²) in [7, 11) is 0. The Kier molecular flexibility index (Phi) is 7.28. The van der Waals surface area contributed by atoms with Crippen molar-refractivity contribution in [3.05, 3.63) is 81.5 Å². The average Bonchev–Trinajstić information content (AvgIpc) is 2.83. The maximum Gasteiger partial charge on any atom is 0.316 e. The van der Waals surface area contributed by atoms with E-state index in [9.17, 15) is 18.4 Å². The standard InChI is InChI=1S/C27H29F2N3O3/c1-4-5-14-35-25-24-27(34)31(17(2)3)12-13-32(24)23(30-26(25)33)16-18-8-6-7-9-20(18)19-10-11-21(28)22(29)15-19/h6-11,15,17H,4-5,12-14,16H2,1-3H3. The minimum atomic E-state index is -0.933. The van der Waals surface area contributed by atoms with Crippen molar-refractivity contribution >= 4 is 5.91 Å². The molecule has 1 aliphatic heterocycles. The molecule has 0 atom stereocenters. The van der Waals surface area contributed by atoms with Gasteiger partial charge in [-0.25, -0.2) is 8.78 Å². The second-order valence-electron chi connectivity index (χ2n) is 8.92. The monoisotopic (exact) mass is 481 g/mol. The van der Waals surface area contributed by atoms with Crippen molar-refractivity contribution in [2.24, 2.45) is 0 Å². The van der Waals surface area contributed by atoms with Crippen molar-refractivity contribution in [3.63, 3.8) is 0 Å². The molecule has 0 radical (unpaired) electrons. The summed E-state index contributed by atoms with van der Waals surface area (Å²) >= 11 is 0. The number of hydrogen-bond donors (Lipinski definition) is 0. The summed E-state index contributed by atoms with van der Waals surface area (Å²) in [6, 6.07) is 11.0. The molecule has 6 nitrogen and oxygen atoms in total. The molecule has 4 rings (SSSR count). The summed E-state index contributed by atoms with van der Waals surface area (Å²) in [4.78, 5) is 32.5. The Balaban J connectivity index is 1.80. The molecule has 1 aromatic heterocycles. The largest absolute Gasteiger partial charge is 0.486 e. The number of amides is 1. The summed E-state index contributed by atoms with van der Waals surface area (Å²) in [5.41, 5.74) is 1.64. The lowest BCUT2D eigenvalue weighted by Crippen LogP contribution is -2.46. The fourth-order valence-corrected chi connectivity index (χ4v) is 4.35. The second-order valence-corrected chi connectivity index (χ2v) is 8.92. The lowest BCUT2D eigenvalue weighted by atomic mass is 9.97. The molecular weight excluding hydrogens is 452 g/mol. The summed E-state index contributed by atoms with van der Waals surface area (Å²) in [5.74, 6) is -1.68. The van der Waals surface area contributed by atoms with E-state index in [1.165, 1.54) is 6.07 Å². The van der Waals surface area contributed by atoms with Crippen LogP contribution in [0.1, 0.15) is 55.5 Å². The van der Waals surface area contributed by atoms with Crippen LogP contribution in [0.3, 0.4) is 0 Å². The molecule has 3 aromatic rings. The van der Waals surface area contributed by atoms with E-state index < -0.39 is 17.2 Å². The Labute approximate surface area is 203 Å². The molecular formula is C27H29F2N3O3. The molecule has 0 fully saturated rings. The number of ether oxygens (including phenoxy) is 1. The number of benzene rings is 2. The van der Waals surface area contributed by atoms with Gasteiger partial charge in [0.05, 0.1) is 6.61 Å². The molecule has 0 spiro atoms. The Hall–Kier alpha value is -3.55. The highest BCUT2D eigenvalue weighted by Gasteiger charge is 2.33. The first kappa shape index (κ1) is 24.6. The van der Waals surface area contributed by atoms with E-state index in [0.717, 1.165) is 30.5 Å². The third kappa shape index (κ3) is 4.97. The van der Waals surface area contributed by atoms with Gasteiger partial charge in [0, 0.05) is 25.6 Å². The smallest absolute Gasteiger partial charge is 0.316 e. The van der Waals surface area contributed by atoms with E-state index in [2.05, 4.69) is 4.98 Å². The van der Waals surface area contributed by atoms with E-state index in [4.69, 9.17) is 4.74 Å². The van der Waals surface area contributed by atoms with Gasteiger partial charge in [-0.3, -0.25) is 9.59 Å². The molecule has 184 valence electrons. The van der Waals surface area contributed by atoms with Crippen LogP contribution in [0.2, 0.25) is 0 Å². The van der Waals surface area contributed by atoms with Gasteiger partial charge in [-0.05, 0) is 49.1 Å². The van der Waals surface area contributed by atoms with Gasteiger partial charge >= 0.3 is 5.56 Å². The highest BCUT2D eigenvalue weighted by molar-refractivity contribution is 5.96. The summed E-state index contributed by atoms with van der Waals surface area (Å²) in [6.45, 7) is 7.17. The predicted molar refractivity (Wildman–Crippen MR) is 130 cm³/mol. The summed E-state index contributed by atoms with van der Waals surface area (Å²) < 4.78 is 35.0. The predicted octanol–water partition coefficient (Wildman–Crippen LogP) is 4.82. The number of nitrogens with zero attached hydrogens (tertiary/aromatic N) is 3. The number of carbonyl (C=O) groups excluding carboxylic acids is 1. The molecule has 1 aliphatic rings. The minimum absolute atomic E-state index is 0.00793. The van der Waals surface area contributed by atoms with Crippen molar-refractivity contribution in [3.8, 4) is 16.9 Å². The highest BCUT2D eigenvalue weighted by atomic mass is 19.2. The average molecular weight is 482 g/mol. The number of carbonyl (C=O) groups is 1. The third-order valence-corrected chi connectivity index (χ3v) is 6.21. The van der Waals surface area contributed by atoms with Gasteiger partial charge in [0.25, 0.3) is 5.91 Å². The van der Waals surface area contributed by atoms with E-state index in [-0.39, 0.29) is 29.8 Å². The van der Waals surface area contributed by atoms with Crippen LogP contribution in [-0.2, 0) is 13.0 Å². The molecule has 0 N–H and O–H groups in total. The number of hydrogen-bond acceptors (Lipinski definition) is 4. The van der Waals surface area contributed by atoms with Gasteiger partial charge in [-0.15, -0.1) is 0 Å². The fraction of sp³-hybridized carbons (Fsp3) is 0.370. The number of fused-ring (bicyclic) bond motifs is 1. The molecule has 0 bridgehead atoms. The van der Waals surface area contributed by atoms with Gasteiger partial charge < -0.3 is 14.2 Å². The number of unbranched alkanes of at least 4 members (excludes halogenated alkanes) is 1. The Bertz CT molecular complexity index is 1300. The molecule has 0 aliphatic carbocycles. The minimum Gasteiger partial charge on any atom is -0.486 e. The molecule has 0 saturated heterocycles. The maximum atomic E-state index is 13.9. The van der Waals surface area contributed by atoms with E-state index in [1.807, 2.05) is 45.0 Å². The van der Waals surface area contributed by atoms with Crippen molar-refractivity contribution in [2.45, 2.75) is 52.6 Å². The van der Waals surface area contributed by atoms with E-state index >= 15 is 0 Å². The van der Waals surface area contributed by atoms with Crippen LogP contribution >= 0.6 is 0 Å². The van der Waals surface area contributed by atoms with Crippen LogP contribution in [0.5, 0.6) is 5.75 Å². The zero-order valence-electron chi connectivity index (χ0n) is 20.2. The van der Waals surface area contributed by atoms with Gasteiger partial charge in [0.15, 0.2) is 17.3 Å². The maximum absolute atomic E-state index is 13.9. The number of rotatable bonds is 8. The van der Waals surface area contributed by atoms with Crippen molar-refractivity contribution in [1.82, 2.24) is 14.5 Å².